The van der Waals surface area contributed by atoms with E-state index in [2.05, 4.69) is 15.6 Å². The van der Waals surface area contributed by atoms with E-state index < -0.39 is 0 Å². The number of benzene rings is 2. The number of hydrogen-bond donors (Lipinski definition) is 4. The molecule has 0 radical (unpaired) electrons. The molecule has 0 spiro atoms. The molecule has 0 unspecified atom stereocenters. The van der Waals surface area contributed by atoms with E-state index in [0.717, 1.165) is 32.3 Å². The van der Waals surface area contributed by atoms with Crippen LogP contribution in [0.1, 0.15) is 68.0 Å². The normalized spacial score (nSPS) is 11.5. The molecule has 0 aliphatic heterocycles. The van der Waals surface area contributed by atoms with E-state index in [-0.39, 0.29) is 34.9 Å². The van der Waals surface area contributed by atoms with E-state index in [1.807, 2.05) is 95.5 Å². The van der Waals surface area contributed by atoms with Crippen LogP contribution in [0.2, 0.25) is 0 Å². The van der Waals surface area contributed by atoms with Gasteiger partial charge in [0, 0.05) is 33.4 Å². The Bertz CT molecular complexity index is 1400. The van der Waals surface area contributed by atoms with Crippen molar-refractivity contribution in [3.05, 3.63) is 81.0 Å². The van der Waals surface area contributed by atoms with Gasteiger partial charge in [0.15, 0.2) is 0 Å². The van der Waals surface area contributed by atoms with E-state index in [1.165, 1.54) is 22.7 Å². The number of halogens is 1. The molecule has 2 heterocycles. The summed E-state index contributed by atoms with van der Waals surface area (Å²) in [6.45, 7) is 12.2. The fraction of sp³-hybridized carbons (Fsp3) is 0.276. The average Bonchev–Trinajstić information content (AvgIpc) is 3.52. The molecule has 0 saturated heterocycles. The topological polar surface area (TPSA) is 98.1 Å². The summed E-state index contributed by atoms with van der Waals surface area (Å²) in [6.07, 6.45) is 0. The Morgan fingerprint density at radius 2 is 1.50 bits per heavy atom. The molecule has 0 saturated carbocycles. The van der Waals surface area contributed by atoms with Crippen molar-refractivity contribution < 1.29 is 9.90 Å². The zero-order valence-electron chi connectivity index (χ0n) is 22.3. The highest BCUT2D eigenvalue weighted by atomic mass is 35.5. The monoisotopic (exact) mass is 568 g/mol. The lowest BCUT2D eigenvalue weighted by molar-refractivity contribution is 0.102. The predicted octanol–water partition coefficient (Wildman–Crippen LogP) is 8.28. The van der Waals surface area contributed by atoms with Gasteiger partial charge in [0.25, 0.3) is 5.91 Å². The molecule has 0 bridgehead atoms. The van der Waals surface area contributed by atoms with E-state index in [1.54, 1.807) is 5.38 Å². The number of thiazole rings is 1. The van der Waals surface area contributed by atoms with E-state index in [0.29, 0.717) is 17.2 Å². The van der Waals surface area contributed by atoms with E-state index in [9.17, 15) is 9.90 Å². The number of carbonyl (C=O) groups excluding carboxylic acids is 1. The Hall–Kier alpha value is -3.20. The number of nitrogens with zero attached hydrogens (tertiary/aromatic N) is 1. The molecule has 4 rings (SSSR count). The minimum atomic E-state index is -0.296. The van der Waals surface area contributed by atoms with Gasteiger partial charge in [-0.1, -0.05) is 47.6 Å². The Kier molecular flexibility index (Phi) is 8.71. The largest absolute Gasteiger partial charge is 0.507 e. The summed E-state index contributed by atoms with van der Waals surface area (Å²) in [6, 6.07) is 15.2. The number of amides is 1. The second-order valence-electron chi connectivity index (χ2n) is 11.0. The van der Waals surface area contributed by atoms with Gasteiger partial charge < -0.3 is 15.7 Å². The van der Waals surface area contributed by atoms with Crippen molar-refractivity contribution in [2.75, 3.05) is 10.6 Å². The SMILES string of the molecule is CC(C)(C)c1cc(NC(=O)c2csc(-c3ccc(NC(=N)c4cccs4)cc3)n2)cc(C(C)(C)C)c1O.Cl. The van der Waals surface area contributed by atoms with Crippen LogP contribution in [-0.4, -0.2) is 21.8 Å². The standard InChI is InChI=1S/C29H32N4O2S2.ClH/c1-28(2,3)20-14-19(15-21(24(20)34)29(4,5)6)32-26(35)22-16-37-27(33-22)17-9-11-18(12-10-17)31-25(30)23-8-7-13-36-23;/h7-16,34H,1-6H3,(H2,30,31)(H,32,35);1H. The van der Waals surface area contributed by atoms with Crippen LogP contribution in [0.15, 0.2) is 59.3 Å². The third-order valence-corrected chi connectivity index (χ3v) is 7.67. The molecule has 2 aromatic heterocycles. The first kappa shape index (κ1) is 29.4. The molecule has 6 nitrogen and oxygen atoms in total. The van der Waals surface area contributed by atoms with Crippen molar-refractivity contribution in [1.82, 2.24) is 4.98 Å². The highest BCUT2D eigenvalue weighted by Gasteiger charge is 2.27. The number of phenolic OH excluding ortho intramolecular Hbond substituents is 1. The van der Waals surface area contributed by atoms with Crippen LogP contribution in [-0.2, 0) is 10.8 Å². The van der Waals surface area contributed by atoms with Gasteiger partial charge >= 0.3 is 0 Å². The molecule has 0 atom stereocenters. The van der Waals surface area contributed by atoms with Crippen molar-refractivity contribution in [2.45, 2.75) is 52.4 Å². The summed E-state index contributed by atoms with van der Waals surface area (Å²) in [4.78, 5) is 18.5. The number of aromatic hydroxyl groups is 1. The van der Waals surface area contributed by atoms with Crippen molar-refractivity contribution >= 4 is 58.2 Å². The molecule has 9 heteroatoms. The van der Waals surface area contributed by atoms with Gasteiger partial charge in [0.1, 0.15) is 22.3 Å². The fourth-order valence-electron chi connectivity index (χ4n) is 3.88. The maximum Gasteiger partial charge on any atom is 0.275 e. The second kappa shape index (κ2) is 11.3. The van der Waals surface area contributed by atoms with Crippen LogP contribution < -0.4 is 10.6 Å². The lowest BCUT2D eigenvalue weighted by Gasteiger charge is -2.28. The van der Waals surface area contributed by atoms with Gasteiger partial charge in [-0.15, -0.1) is 35.1 Å². The zero-order valence-corrected chi connectivity index (χ0v) is 24.8. The number of thiophene rings is 1. The van der Waals surface area contributed by atoms with Crippen molar-refractivity contribution in [1.29, 1.82) is 5.41 Å². The minimum Gasteiger partial charge on any atom is -0.507 e. The first-order valence-electron chi connectivity index (χ1n) is 12.0. The van der Waals surface area contributed by atoms with Crippen LogP contribution in [0.4, 0.5) is 11.4 Å². The zero-order chi connectivity index (χ0) is 27.0. The molecule has 38 heavy (non-hydrogen) atoms. The molecular formula is C29H33ClN4O2S2. The summed E-state index contributed by atoms with van der Waals surface area (Å²) in [5.41, 5.74) is 3.68. The first-order valence-corrected chi connectivity index (χ1v) is 13.7. The summed E-state index contributed by atoms with van der Waals surface area (Å²) in [5.74, 6) is 0.336. The quantitative estimate of drug-likeness (QED) is 0.111. The van der Waals surface area contributed by atoms with E-state index in [4.69, 9.17) is 5.41 Å². The Labute approximate surface area is 238 Å². The number of phenols is 1. The van der Waals surface area contributed by atoms with E-state index >= 15 is 0 Å². The Balaban J connectivity index is 0.00000400. The lowest BCUT2D eigenvalue weighted by atomic mass is 9.79. The summed E-state index contributed by atoms with van der Waals surface area (Å²) in [7, 11) is 0. The highest BCUT2D eigenvalue weighted by molar-refractivity contribution is 7.13. The van der Waals surface area contributed by atoms with Gasteiger partial charge in [-0.25, -0.2) is 4.98 Å². The maximum atomic E-state index is 13.1. The predicted molar refractivity (Wildman–Crippen MR) is 163 cm³/mol. The van der Waals surface area contributed by atoms with Crippen molar-refractivity contribution in [2.24, 2.45) is 0 Å². The number of amidine groups is 1. The number of nitrogens with one attached hydrogen (secondary N) is 3. The van der Waals surface area contributed by atoms with Gasteiger partial charge in [0.05, 0.1) is 4.88 Å². The van der Waals surface area contributed by atoms with Gasteiger partial charge in [0.2, 0.25) is 0 Å². The molecule has 0 fully saturated rings. The Morgan fingerprint density at radius 3 is 2.03 bits per heavy atom. The molecule has 200 valence electrons. The number of aromatic nitrogens is 1. The van der Waals surface area contributed by atoms with Gasteiger partial charge in [-0.3, -0.25) is 10.2 Å². The molecule has 0 aliphatic carbocycles. The first-order chi connectivity index (χ1) is 17.3. The summed E-state index contributed by atoms with van der Waals surface area (Å²) in [5, 5.41) is 29.6. The second-order valence-corrected chi connectivity index (χ2v) is 12.8. The molecule has 0 aliphatic rings. The number of rotatable bonds is 5. The molecule has 2 aromatic carbocycles. The Morgan fingerprint density at radius 1 is 0.895 bits per heavy atom. The summed E-state index contributed by atoms with van der Waals surface area (Å²) >= 11 is 2.92. The molecule has 1 amide bonds. The maximum absolute atomic E-state index is 13.1. The lowest BCUT2D eigenvalue weighted by Crippen LogP contribution is -2.19. The molecule has 4 aromatic rings. The number of carbonyl (C=O) groups is 1. The minimum absolute atomic E-state index is 0. The number of hydrogen-bond acceptors (Lipinski definition) is 6. The van der Waals surface area contributed by atoms with Gasteiger partial charge in [-0.05, 0) is 58.7 Å². The third-order valence-electron chi connectivity index (χ3n) is 5.89. The van der Waals surface area contributed by atoms with Crippen LogP contribution in [0, 0.1) is 5.41 Å². The van der Waals surface area contributed by atoms with Crippen LogP contribution in [0.3, 0.4) is 0 Å². The highest BCUT2D eigenvalue weighted by Crippen LogP contribution is 2.41. The average molecular weight is 569 g/mol. The fourth-order valence-corrected chi connectivity index (χ4v) is 5.31. The van der Waals surface area contributed by atoms with Gasteiger partial charge in [-0.2, -0.15) is 0 Å². The van der Waals surface area contributed by atoms with Crippen LogP contribution >= 0.6 is 35.1 Å². The molecule has 4 N–H and O–H groups in total. The summed E-state index contributed by atoms with van der Waals surface area (Å²) < 4.78 is 0. The van der Waals surface area contributed by atoms with Crippen LogP contribution in [0.5, 0.6) is 5.75 Å². The third kappa shape index (κ3) is 6.62. The van der Waals surface area contributed by atoms with Crippen molar-refractivity contribution in [3.8, 4) is 16.3 Å². The number of anilines is 2. The smallest absolute Gasteiger partial charge is 0.275 e. The molecular weight excluding hydrogens is 536 g/mol. The van der Waals surface area contributed by atoms with Crippen molar-refractivity contribution in [3.63, 3.8) is 0 Å². The van der Waals surface area contributed by atoms with Crippen LogP contribution in [0.25, 0.3) is 10.6 Å².